The molecule has 0 aromatic heterocycles. The van der Waals surface area contributed by atoms with E-state index in [0.717, 1.165) is 11.1 Å². The third-order valence-electron chi connectivity index (χ3n) is 4.14. The van der Waals surface area contributed by atoms with Gasteiger partial charge in [0.2, 0.25) is 11.6 Å². The largest absolute Gasteiger partial charge is 0.460 e. The minimum absolute atomic E-state index is 0.199. The van der Waals surface area contributed by atoms with Crippen molar-refractivity contribution in [2.75, 3.05) is 0 Å². The Bertz CT molecular complexity index is 792. The van der Waals surface area contributed by atoms with Gasteiger partial charge in [-0.3, -0.25) is 0 Å². The molecule has 0 aliphatic heterocycles. The lowest BCUT2D eigenvalue weighted by Crippen LogP contribution is -2.28. The van der Waals surface area contributed by atoms with Crippen LogP contribution >= 0.6 is 46.4 Å². The van der Waals surface area contributed by atoms with E-state index in [1.165, 1.54) is 27.7 Å². The maximum absolute atomic E-state index is 9.90. The summed E-state index contributed by atoms with van der Waals surface area (Å²) in [6.45, 7) is 9.86. The van der Waals surface area contributed by atoms with Crippen molar-refractivity contribution in [3.05, 3.63) is 55.5 Å². The van der Waals surface area contributed by atoms with Crippen molar-refractivity contribution in [2.24, 2.45) is 0 Å². The molecule has 0 fully saturated rings. The first kappa shape index (κ1) is 24.4. The van der Waals surface area contributed by atoms with E-state index in [4.69, 9.17) is 55.9 Å². The molecule has 0 heterocycles. The van der Waals surface area contributed by atoms with Crippen molar-refractivity contribution in [1.29, 1.82) is 0 Å². The van der Waals surface area contributed by atoms with Gasteiger partial charge in [-0.05, 0) is 35.4 Å². The average Bonchev–Trinajstić information content (AvgIpc) is 2.52. The lowest BCUT2D eigenvalue weighted by molar-refractivity contribution is -0.105. The highest BCUT2D eigenvalue weighted by molar-refractivity contribution is 6.38. The van der Waals surface area contributed by atoms with Crippen LogP contribution in [0.4, 0.5) is 0 Å². The second-order valence-electron chi connectivity index (χ2n) is 8.26. The molecule has 0 unspecified atom stereocenters. The molecule has 2 aromatic carbocycles. The fourth-order valence-electron chi connectivity index (χ4n) is 2.70. The standard InChI is InChI=1S/C21H24Cl4O4/c1-19(2,11-7-13(22)17(14(23)8-11)28-20(3,4)26)12-9-15(24)18(16(25)10-12)29-21(5,6)27/h7-10,26-27H,1-6H3. The molecule has 0 saturated carbocycles. The van der Waals surface area contributed by atoms with E-state index >= 15 is 0 Å². The van der Waals surface area contributed by atoms with Crippen molar-refractivity contribution < 1.29 is 19.7 Å². The SMILES string of the molecule is CC(C)(O)Oc1c(Cl)cc(C(C)(C)c2cc(Cl)c(OC(C)(C)O)c(Cl)c2)cc1Cl. The summed E-state index contributed by atoms with van der Waals surface area (Å²) >= 11 is 25.5. The van der Waals surface area contributed by atoms with E-state index in [-0.39, 0.29) is 31.6 Å². The third-order valence-corrected chi connectivity index (χ3v) is 5.27. The van der Waals surface area contributed by atoms with Gasteiger partial charge in [0, 0.05) is 33.1 Å². The van der Waals surface area contributed by atoms with E-state index in [9.17, 15) is 10.2 Å². The zero-order chi connectivity index (χ0) is 22.4. The average molecular weight is 482 g/mol. The molecule has 0 bridgehead atoms. The Morgan fingerprint density at radius 3 is 1.03 bits per heavy atom. The lowest BCUT2D eigenvalue weighted by atomic mass is 9.78. The number of halogens is 4. The highest BCUT2D eigenvalue weighted by Gasteiger charge is 2.29. The van der Waals surface area contributed by atoms with Gasteiger partial charge in [0.05, 0.1) is 20.1 Å². The van der Waals surface area contributed by atoms with Crippen LogP contribution in [0.3, 0.4) is 0 Å². The Labute approximate surface area is 191 Å². The fourth-order valence-corrected chi connectivity index (χ4v) is 3.83. The van der Waals surface area contributed by atoms with Crippen molar-refractivity contribution in [1.82, 2.24) is 0 Å². The highest BCUT2D eigenvalue weighted by atomic mass is 35.5. The molecular formula is C21H24Cl4O4. The van der Waals surface area contributed by atoms with Crippen LogP contribution in [-0.4, -0.2) is 21.8 Å². The second kappa shape index (κ2) is 8.33. The maximum atomic E-state index is 9.90. The smallest absolute Gasteiger partial charge is 0.202 e. The molecule has 2 rings (SSSR count). The Morgan fingerprint density at radius 1 is 0.586 bits per heavy atom. The molecule has 0 atom stereocenters. The van der Waals surface area contributed by atoms with E-state index in [0.29, 0.717) is 0 Å². The van der Waals surface area contributed by atoms with Crippen LogP contribution in [0.1, 0.15) is 52.7 Å². The number of benzene rings is 2. The van der Waals surface area contributed by atoms with Crippen LogP contribution < -0.4 is 9.47 Å². The molecular weight excluding hydrogens is 458 g/mol. The normalized spacial score (nSPS) is 12.8. The topological polar surface area (TPSA) is 58.9 Å². The molecule has 2 N–H and O–H groups in total. The molecule has 0 amide bonds. The molecule has 2 aromatic rings. The number of hydrogen-bond acceptors (Lipinski definition) is 4. The summed E-state index contributed by atoms with van der Waals surface area (Å²) in [6.07, 6.45) is 0. The Morgan fingerprint density at radius 2 is 0.828 bits per heavy atom. The predicted octanol–water partition coefficient (Wildman–Crippen LogP) is 6.84. The Balaban J connectivity index is 2.50. The molecule has 0 radical (unpaired) electrons. The van der Waals surface area contributed by atoms with Crippen LogP contribution in [-0.2, 0) is 5.41 Å². The summed E-state index contributed by atoms with van der Waals surface area (Å²) in [6, 6.07) is 6.88. The predicted molar refractivity (Wildman–Crippen MR) is 119 cm³/mol. The van der Waals surface area contributed by atoms with Crippen molar-refractivity contribution in [3.8, 4) is 11.5 Å². The number of ether oxygens (including phenoxy) is 2. The van der Waals surface area contributed by atoms with Crippen LogP contribution in [0.2, 0.25) is 20.1 Å². The molecule has 160 valence electrons. The molecule has 0 aliphatic rings. The van der Waals surface area contributed by atoms with E-state index < -0.39 is 17.0 Å². The zero-order valence-corrected chi connectivity index (χ0v) is 20.1. The van der Waals surface area contributed by atoms with E-state index in [1.54, 1.807) is 24.3 Å². The number of aliphatic hydroxyl groups is 2. The fraction of sp³-hybridized carbons (Fsp3) is 0.429. The summed E-state index contributed by atoms with van der Waals surface area (Å²) in [5.41, 5.74) is 0.999. The van der Waals surface area contributed by atoms with Gasteiger partial charge in [-0.15, -0.1) is 0 Å². The van der Waals surface area contributed by atoms with Crippen molar-refractivity contribution in [2.45, 2.75) is 58.5 Å². The number of hydrogen-bond donors (Lipinski definition) is 2. The second-order valence-corrected chi connectivity index (χ2v) is 9.89. The van der Waals surface area contributed by atoms with Crippen LogP contribution in [0, 0.1) is 0 Å². The van der Waals surface area contributed by atoms with Gasteiger partial charge in [0.25, 0.3) is 0 Å². The summed E-state index contributed by atoms with van der Waals surface area (Å²) in [5, 5.41) is 20.9. The van der Waals surface area contributed by atoms with Gasteiger partial charge < -0.3 is 19.7 Å². The van der Waals surface area contributed by atoms with Crippen LogP contribution in [0.5, 0.6) is 11.5 Å². The summed E-state index contributed by atoms with van der Waals surface area (Å²) < 4.78 is 10.9. The minimum atomic E-state index is -1.43. The van der Waals surface area contributed by atoms with E-state index in [2.05, 4.69) is 0 Å². The van der Waals surface area contributed by atoms with Gasteiger partial charge in [-0.25, -0.2) is 0 Å². The van der Waals surface area contributed by atoms with Gasteiger partial charge in [-0.1, -0.05) is 60.3 Å². The first-order valence-electron chi connectivity index (χ1n) is 8.83. The van der Waals surface area contributed by atoms with Crippen molar-refractivity contribution >= 4 is 46.4 Å². The summed E-state index contributed by atoms with van der Waals surface area (Å²) in [4.78, 5) is 0. The maximum Gasteiger partial charge on any atom is 0.202 e. The molecule has 0 aliphatic carbocycles. The summed E-state index contributed by atoms with van der Waals surface area (Å²) in [7, 11) is 0. The molecule has 8 heteroatoms. The van der Waals surface area contributed by atoms with Gasteiger partial charge in [0.1, 0.15) is 0 Å². The molecule has 0 spiro atoms. The van der Waals surface area contributed by atoms with Crippen molar-refractivity contribution in [3.63, 3.8) is 0 Å². The lowest BCUT2D eigenvalue weighted by Gasteiger charge is -2.29. The monoisotopic (exact) mass is 480 g/mol. The highest BCUT2D eigenvalue weighted by Crippen LogP contribution is 2.44. The van der Waals surface area contributed by atoms with Gasteiger partial charge in [0.15, 0.2) is 11.5 Å². The first-order valence-corrected chi connectivity index (χ1v) is 10.3. The van der Waals surface area contributed by atoms with Crippen LogP contribution in [0.25, 0.3) is 0 Å². The zero-order valence-electron chi connectivity index (χ0n) is 17.0. The molecule has 29 heavy (non-hydrogen) atoms. The molecule has 4 nitrogen and oxygen atoms in total. The summed E-state index contributed by atoms with van der Waals surface area (Å²) in [5.74, 6) is -2.46. The Kier molecular flexibility index (Phi) is 7.01. The first-order chi connectivity index (χ1) is 13.0. The van der Waals surface area contributed by atoms with Gasteiger partial charge in [-0.2, -0.15) is 0 Å². The molecule has 0 saturated heterocycles. The number of rotatable bonds is 6. The van der Waals surface area contributed by atoms with E-state index in [1.807, 2.05) is 13.8 Å². The van der Waals surface area contributed by atoms with Crippen LogP contribution in [0.15, 0.2) is 24.3 Å². The third kappa shape index (κ3) is 6.06. The van der Waals surface area contributed by atoms with Gasteiger partial charge >= 0.3 is 0 Å². The minimum Gasteiger partial charge on any atom is -0.460 e. The Hall–Kier alpha value is -0.880. The quantitative estimate of drug-likeness (QED) is 0.443.